The van der Waals surface area contributed by atoms with Gasteiger partial charge in [0.1, 0.15) is 17.4 Å². The van der Waals surface area contributed by atoms with Gasteiger partial charge >= 0.3 is 11.9 Å². The van der Waals surface area contributed by atoms with Crippen LogP contribution in [0.3, 0.4) is 0 Å². The molecule has 190 valence electrons. The molecule has 0 saturated heterocycles. The largest absolute Gasteiger partial charge is 0.488 e. The van der Waals surface area contributed by atoms with E-state index in [0.29, 0.717) is 38.9 Å². The van der Waals surface area contributed by atoms with Gasteiger partial charge in [-0.05, 0) is 43.2 Å². The fraction of sp³-hybridized carbons (Fsp3) is 0.261. The number of aromatic amines is 1. The molecule has 36 heavy (non-hydrogen) atoms. The molecule has 0 aliphatic heterocycles. The molecule has 0 spiro atoms. The average Bonchev–Trinajstić information content (AvgIpc) is 3.46. The van der Waals surface area contributed by atoms with Crippen LogP contribution in [0.2, 0.25) is 5.02 Å². The first-order chi connectivity index (χ1) is 17.1. The van der Waals surface area contributed by atoms with E-state index in [2.05, 4.69) is 19.6 Å². The highest BCUT2D eigenvalue weighted by Gasteiger charge is 2.30. The van der Waals surface area contributed by atoms with Gasteiger partial charge in [0.05, 0.1) is 33.9 Å². The van der Waals surface area contributed by atoms with Crippen LogP contribution in [-0.4, -0.2) is 38.0 Å². The van der Waals surface area contributed by atoms with Crippen molar-refractivity contribution in [3.63, 3.8) is 0 Å². The van der Waals surface area contributed by atoms with Gasteiger partial charge in [-0.25, -0.2) is 9.78 Å². The number of alkyl halides is 3. The summed E-state index contributed by atoms with van der Waals surface area (Å²) in [5, 5.41) is 23.2. The lowest BCUT2D eigenvalue weighted by Crippen LogP contribution is -2.13. The van der Waals surface area contributed by atoms with Crippen LogP contribution in [0.25, 0.3) is 22.0 Å². The number of nitrogens with zero attached hydrogens (tertiary/aromatic N) is 2. The Morgan fingerprint density at radius 1 is 1.19 bits per heavy atom. The highest BCUT2D eigenvalue weighted by atomic mass is 35.5. The monoisotopic (exact) mass is 541 g/mol. The molecule has 0 aliphatic rings. The zero-order valence-electron chi connectivity index (χ0n) is 18.4. The summed E-state index contributed by atoms with van der Waals surface area (Å²) in [4.78, 5) is 18.8. The number of benzene rings is 2. The Hall–Kier alpha value is -3.19. The first-order valence-electron chi connectivity index (χ1n) is 10.6. The van der Waals surface area contributed by atoms with Gasteiger partial charge in [-0.3, -0.25) is 9.51 Å². The second-order valence-corrected chi connectivity index (χ2v) is 9.20. The summed E-state index contributed by atoms with van der Waals surface area (Å²) in [6.45, 7) is -0.317. The third-order valence-electron chi connectivity index (χ3n) is 5.17. The van der Waals surface area contributed by atoms with Gasteiger partial charge in [-0.15, -0.1) is 11.3 Å². The fourth-order valence-corrected chi connectivity index (χ4v) is 4.57. The Bertz CT molecular complexity index is 1380. The molecule has 4 rings (SSSR count). The number of ether oxygens (including phenoxy) is 1. The second-order valence-electron chi connectivity index (χ2n) is 7.71. The summed E-state index contributed by atoms with van der Waals surface area (Å²) < 4.78 is 49.1. The van der Waals surface area contributed by atoms with E-state index >= 15 is 0 Å². The summed E-state index contributed by atoms with van der Waals surface area (Å²) in [7, 11) is 0. The van der Waals surface area contributed by atoms with E-state index in [1.54, 1.807) is 12.1 Å². The average molecular weight is 542 g/mol. The van der Waals surface area contributed by atoms with Crippen molar-refractivity contribution < 1.29 is 32.6 Å². The van der Waals surface area contributed by atoms with Gasteiger partial charge in [0.2, 0.25) is 0 Å². The highest BCUT2D eigenvalue weighted by Crippen LogP contribution is 2.34. The van der Waals surface area contributed by atoms with E-state index in [9.17, 15) is 23.1 Å². The molecule has 4 aromatic rings. The first-order valence-corrected chi connectivity index (χ1v) is 11.8. The predicted molar refractivity (Wildman–Crippen MR) is 126 cm³/mol. The second kappa shape index (κ2) is 10.8. The quantitative estimate of drug-likeness (QED) is 0.281. The van der Waals surface area contributed by atoms with Gasteiger partial charge in [0.15, 0.2) is 5.82 Å². The van der Waals surface area contributed by atoms with Crippen LogP contribution in [0.5, 0.6) is 5.75 Å². The van der Waals surface area contributed by atoms with Crippen molar-refractivity contribution in [2.24, 2.45) is 0 Å². The van der Waals surface area contributed by atoms with Crippen LogP contribution >= 0.6 is 22.9 Å². The normalized spacial score (nSPS) is 12.6. The third-order valence-corrected chi connectivity index (χ3v) is 6.60. The van der Waals surface area contributed by atoms with Crippen LogP contribution < -0.4 is 10.5 Å². The van der Waals surface area contributed by atoms with Gasteiger partial charge in [-0.2, -0.15) is 13.2 Å². The van der Waals surface area contributed by atoms with Crippen molar-refractivity contribution in [3.8, 4) is 27.7 Å². The molecular weight excluding hydrogens is 523 g/mol. The van der Waals surface area contributed by atoms with Crippen LogP contribution in [-0.2, 0) is 19.2 Å². The van der Waals surface area contributed by atoms with Crippen LogP contribution in [0.1, 0.15) is 22.6 Å². The molecule has 2 aromatic heterocycles. The van der Waals surface area contributed by atoms with Crippen molar-refractivity contribution >= 4 is 22.9 Å². The molecular formula is C23H19ClF3N3O5S. The maximum atomic E-state index is 12.9. The number of halogens is 4. The number of nitrogens with one attached hydrogen (secondary N) is 1. The Kier molecular flexibility index (Phi) is 7.79. The van der Waals surface area contributed by atoms with E-state index in [-0.39, 0.29) is 23.9 Å². The van der Waals surface area contributed by atoms with Gasteiger partial charge < -0.3 is 14.9 Å². The molecule has 0 amide bonds. The summed E-state index contributed by atoms with van der Waals surface area (Å²) >= 11 is 7.55. The summed E-state index contributed by atoms with van der Waals surface area (Å²) in [5.41, 5.74) is 0.797. The van der Waals surface area contributed by atoms with Crippen molar-refractivity contribution in [1.82, 2.24) is 15.1 Å². The molecule has 13 heteroatoms. The fourth-order valence-electron chi connectivity index (χ4n) is 3.28. The topological polar surface area (TPSA) is 121 Å². The number of aromatic nitrogens is 3. The van der Waals surface area contributed by atoms with Gasteiger partial charge in [-0.1, -0.05) is 28.9 Å². The Morgan fingerprint density at radius 2 is 1.94 bits per heavy atom. The maximum Gasteiger partial charge on any atom is 0.439 e. The molecule has 1 atom stereocenters. The Morgan fingerprint density at radius 3 is 2.56 bits per heavy atom. The molecule has 3 N–H and O–H groups in total. The number of thiazole rings is 1. The summed E-state index contributed by atoms with van der Waals surface area (Å²) in [6.07, 6.45) is -4.79. The van der Waals surface area contributed by atoms with E-state index in [1.807, 2.05) is 0 Å². The SMILES string of the molecule is O=c1[nH]c(-c2ccc(OCc3sc(-c4ccc(C(F)(F)F)cc4)nc3CCC(O)CO)cc2Cl)no1. The third kappa shape index (κ3) is 6.13. The van der Waals surface area contributed by atoms with Gasteiger partial charge in [0.25, 0.3) is 0 Å². The molecule has 2 aromatic carbocycles. The number of aryl methyl sites for hydroxylation is 1. The molecule has 8 nitrogen and oxygen atoms in total. The number of hydrogen-bond donors (Lipinski definition) is 3. The zero-order valence-corrected chi connectivity index (χ0v) is 20.0. The molecule has 2 heterocycles. The minimum absolute atomic E-state index is 0.0827. The molecule has 1 unspecified atom stereocenters. The van der Waals surface area contributed by atoms with E-state index in [1.165, 1.54) is 29.5 Å². The van der Waals surface area contributed by atoms with Crippen molar-refractivity contribution in [3.05, 3.63) is 74.2 Å². The standard InChI is InChI=1S/C23H19ClF3N3O5S/c24-17-9-15(6-7-16(17)20-29-22(33)35-30-20)34-11-19-18(8-5-14(32)10-31)28-21(36-19)12-1-3-13(4-2-12)23(25,26)27/h1-4,6-7,9,14,31-32H,5,8,10-11H2,(H,29,30,33). The zero-order chi connectivity index (χ0) is 25.9. The molecule has 0 saturated carbocycles. The number of aliphatic hydroxyl groups excluding tert-OH is 2. The minimum Gasteiger partial charge on any atom is -0.488 e. The lowest BCUT2D eigenvalue weighted by molar-refractivity contribution is -0.137. The van der Waals surface area contributed by atoms with Crippen LogP contribution in [0.15, 0.2) is 51.8 Å². The first kappa shape index (κ1) is 25.9. The van der Waals surface area contributed by atoms with Crippen molar-refractivity contribution in [2.45, 2.75) is 31.7 Å². The number of rotatable bonds is 9. The highest BCUT2D eigenvalue weighted by molar-refractivity contribution is 7.15. The predicted octanol–water partition coefficient (Wildman–Crippen LogP) is 4.69. The summed E-state index contributed by atoms with van der Waals surface area (Å²) in [6, 6.07) is 9.46. The van der Waals surface area contributed by atoms with E-state index < -0.39 is 30.2 Å². The molecule has 0 fully saturated rings. The molecule has 0 bridgehead atoms. The van der Waals surface area contributed by atoms with Crippen LogP contribution in [0.4, 0.5) is 13.2 Å². The maximum absolute atomic E-state index is 12.9. The van der Waals surface area contributed by atoms with Crippen molar-refractivity contribution in [2.75, 3.05) is 6.61 Å². The van der Waals surface area contributed by atoms with Gasteiger partial charge in [0, 0.05) is 11.1 Å². The molecule has 0 radical (unpaired) electrons. The Labute approximate surface area is 211 Å². The summed E-state index contributed by atoms with van der Waals surface area (Å²) in [5.74, 6) is -0.125. The number of hydrogen-bond acceptors (Lipinski definition) is 8. The van der Waals surface area contributed by atoms with E-state index in [0.717, 1.165) is 12.1 Å². The Balaban J connectivity index is 1.55. The van der Waals surface area contributed by atoms with Crippen molar-refractivity contribution in [1.29, 1.82) is 0 Å². The smallest absolute Gasteiger partial charge is 0.439 e. The number of aliphatic hydroxyl groups is 2. The van der Waals surface area contributed by atoms with Crippen LogP contribution in [0, 0.1) is 0 Å². The van der Waals surface area contributed by atoms with E-state index in [4.69, 9.17) is 21.4 Å². The lowest BCUT2D eigenvalue weighted by Gasteiger charge is -2.09. The molecule has 0 aliphatic carbocycles. The number of H-pyrrole nitrogens is 1. The minimum atomic E-state index is -4.44. The lowest BCUT2D eigenvalue weighted by atomic mass is 10.1.